The van der Waals surface area contributed by atoms with Crippen LogP contribution in [0, 0.1) is 5.82 Å². The van der Waals surface area contributed by atoms with Crippen LogP contribution in [0.15, 0.2) is 53.3 Å². The molecule has 9 heteroatoms. The summed E-state index contributed by atoms with van der Waals surface area (Å²) in [6, 6.07) is 9.36. The quantitative estimate of drug-likeness (QED) is 0.522. The number of amides is 1. The lowest BCUT2D eigenvalue weighted by atomic mass is 10.0. The van der Waals surface area contributed by atoms with Gasteiger partial charge in [-0.25, -0.2) is 4.39 Å². The summed E-state index contributed by atoms with van der Waals surface area (Å²) in [5.41, 5.74) is 3.65. The molecule has 0 bridgehead atoms. The van der Waals surface area contributed by atoms with Crippen molar-refractivity contribution in [2.75, 3.05) is 6.54 Å². The second-order valence-corrected chi connectivity index (χ2v) is 7.05. The third-order valence-corrected chi connectivity index (χ3v) is 5.17. The van der Waals surface area contributed by atoms with Gasteiger partial charge in [-0.15, -0.1) is 0 Å². The lowest BCUT2D eigenvalue weighted by molar-refractivity contribution is 0.0733. The van der Waals surface area contributed by atoms with Crippen LogP contribution in [0.2, 0.25) is 0 Å². The molecular formula is C21H17FN6O2. The highest BCUT2D eigenvalue weighted by Crippen LogP contribution is 2.30. The van der Waals surface area contributed by atoms with E-state index in [0.29, 0.717) is 42.2 Å². The molecule has 0 fully saturated rings. The molecule has 30 heavy (non-hydrogen) atoms. The van der Waals surface area contributed by atoms with Gasteiger partial charge in [0.25, 0.3) is 11.8 Å². The summed E-state index contributed by atoms with van der Waals surface area (Å²) in [5, 5.41) is 8.57. The van der Waals surface area contributed by atoms with E-state index in [2.05, 4.69) is 20.2 Å². The van der Waals surface area contributed by atoms with Crippen LogP contribution in [-0.2, 0) is 20.0 Å². The SMILES string of the molecule is Cn1nc(-c2nc(-c3ccc(F)cc3)no2)c2c1CCN(C(=O)c1cccnc1)C2. The van der Waals surface area contributed by atoms with Crippen LogP contribution in [0.3, 0.4) is 0 Å². The van der Waals surface area contributed by atoms with E-state index in [0.717, 1.165) is 11.3 Å². The second-order valence-electron chi connectivity index (χ2n) is 7.05. The third kappa shape index (κ3) is 3.14. The topological polar surface area (TPSA) is 89.9 Å². The van der Waals surface area contributed by atoms with Crippen LogP contribution >= 0.6 is 0 Å². The van der Waals surface area contributed by atoms with Gasteiger partial charge in [0, 0.05) is 49.2 Å². The highest BCUT2D eigenvalue weighted by atomic mass is 19.1. The molecule has 1 amide bonds. The van der Waals surface area contributed by atoms with E-state index in [9.17, 15) is 9.18 Å². The lowest BCUT2D eigenvalue weighted by Crippen LogP contribution is -2.36. The van der Waals surface area contributed by atoms with Crippen LogP contribution in [-0.4, -0.2) is 42.3 Å². The highest BCUT2D eigenvalue weighted by Gasteiger charge is 2.30. The van der Waals surface area contributed by atoms with Gasteiger partial charge in [0.05, 0.1) is 12.1 Å². The summed E-state index contributed by atoms with van der Waals surface area (Å²) < 4.78 is 20.4. The third-order valence-electron chi connectivity index (χ3n) is 5.17. The van der Waals surface area contributed by atoms with Crippen molar-refractivity contribution < 1.29 is 13.7 Å². The van der Waals surface area contributed by atoms with Gasteiger partial charge in [-0.1, -0.05) is 5.16 Å². The van der Waals surface area contributed by atoms with Crippen molar-refractivity contribution in [1.82, 2.24) is 29.8 Å². The van der Waals surface area contributed by atoms with Gasteiger partial charge < -0.3 is 9.42 Å². The maximum atomic E-state index is 13.2. The fraction of sp³-hybridized carbons (Fsp3) is 0.190. The molecule has 0 saturated heterocycles. The molecule has 3 aromatic heterocycles. The van der Waals surface area contributed by atoms with Gasteiger partial charge in [-0.2, -0.15) is 10.1 Å². The average molecular weight is 404 g/mol. The van der Waals surface area contributed by atoms with E-state index >= 15 is 0 Å². The van der Waals surface area contributed by atoms with Crippen molar-refractivity contribution in [3.8, 4) is 23.0 Å². The number of benzene rings is 1. The van der Waals surface area contributed by atoms with Gasteiger partial charge in [-0.05, 0) is 36.4 Å². The summed E-state index contributed by atoms with van der Waals surface area (Å²) in [6.45, 7) is 0.977. The Labute approximate surface area is 171 Å². The zero-order valence-electron chi connectivity index (χ0n) is 16.1. The van der Waals surface area contributed by atoms with Crippen molar-refractivity contribution in [1.29, 1.82) is 0 Å². The number of rotatable bonds is 3. The Balaban J connectivity index is 1.47. The van der Waals surface area contributed by atoms with Gasteiger partial charge in [0.2, 0.25) is 5.82 Å². The fourth-order valence-corrected chi connectivity index (χ4v) is 3.65. The number of aryl methyl sites for hydroxylation is 1. The van der Waals surface area contributed by atoms with Crippen LogP contribution in [0.25, 0.3) is 23.0 Å². The molecule has 150 valence electrons. The molecule has 0 saturated carbocycles. The molecule has 4 heterocycles. The first-order valence-corrected chi connectivity index (χ1v) is 9.44. The van der Waals surface area contributed by atoms with E-state index in [1.54, 1.807) is 46.2 Å². The molecule has 4 aromatic rings. The van der Waals surface area contributed by atoms with Gasteiger partial charge in [0.1, 0.15) is 5.82 Å². The zero-order valence-corrected chi connectivity index (χ0v) is 16.1. The number of pyridine rings is 1. The van der Waals surface area contributed by atoms with Crippen LogP contribution in [0.4, 0.5) is 4.39 Å². The number of hydrogen-bond donors (Lipinski definition) is 0. The molecular weight excluding hydrogens is 387 g/mol. The molecule has 1 aromatic carbocycles. The van der Waals surface area contributed by atoms with Gasteiger partial charge in [0.15, 0.2) is 5.69 Å². The molecule has 0 spiro atoms. The normalized spacial score (nSPS) is 13.3. The smallest absolute Gasteiger partial charge is 0.279 e. The van der Waals surface area contributed by atoms with Crippen molar-refractivity contribution in [3.63, 3.8) is 0 Å². The number of aromatic nitrogens is 5. The van der Waals surface area contributed by atoms with E-state index < -0.39 is 0 Å². The van der Waals surface area contributed by atoms with E-state index in [1.165, 1.54) is 12.1 Å². The van der Waals surface area contributed by atoms with E-state index in [4.69, 9.17) is 4.52 Å². The molecule has 0 N–H and O–H groups in total. The second kappa shape index (κ2) is 7.18. The first-order chi connectivity index (χ1) is 14.6. The minimum atomic E-state index is -0.334. The van der Waals surface area contributed by atoms with Crippen LogP contribution in [0.5, 0.6) is 0 Å². The summed E-state index contributed by atoms with van der Waals surface area (Å²) in [7, 11) is 1.86. The van der Waals surface area contributed by atoms with Crippen molar-refractivity contribution in [2.45, 2.75) is 13.0 Å². The van der Waals surface area contributed by atoms with Crippen LogP contribution in [0.1, 0.15) is 21.6 Å². The highest BCUT2D eigenvalue weighted by molar-refractivity contribution is 5.94. The minimum absolute atomic E-state index is 0.0823. The molecule has 1 aliphatic rings. The number of carbonyl (C=O) groups excluding carboxylic acids is 1. The number of halogens is 1. The predicted octanol–water partition coefficient (Wildman–Crippen LogP) is 2.87. The van der Waals surface area contributed by atoms with E-state index in [1.807, 2.05) is 7.05 Å². The molecule has 0 aliphatic carbocycles. The molecule has 5 rings (SSSR count). The number of hydrogen-bond acceptors (Lipinski definition) is 6. The Kier molecular flexibility index (Phi) is 4.35. The van der Waals surface area contributed by atoms with Gasteiger partial charge >= 0.3 is 0 Å². The first kappa shape index (κ1) is 18.2. The first-order valence-electron chi connectivity index (χ1n) is 9.44. The summed E-state index contributed by atoms with van der Waals surface area (Å²) in [5.74, 6) is 0.200. The number of carbonyl (C=O) groups is 1. The summed E-state index contributed by atoms with van der Waals surface area (Å²) in [6.07, 6.45) is 3.87. The molecule has 0 unspecified atom stereocenters. The summed E-state index contributed by atoms with van der Waals surface area (Å²) in [4.78, 5) is 23.1. The Morgan fingerprint density at radius 2 is 2.03 bits per heavy atom. The zero-order chi connectivity index (χ0) is 20.7. The summed E-state index contributed by atoms with van der Waals surface area (Å²) >= 11 is 0. The fourth-order valence-electron chi connectivity index (χ4n) is 3.65. The van der Waals surface area contributed by atoms with E-state index in [-0.39, 0.29) is 17.6 Å². The maximum absolute atomic E-state index is 13.2. The van der Waals surface area contributed by atoms with Crippen molar-refractivity contribution >= 4 is 5.91 Å². The van der Waals surface area contributed by atoms with Crippen molar-refractivity contribution in [3.05, 3.63) is 71.4 Å². The number of nitrogens with zero attached hydrogens (tertiary/aromatic N) is 6. The Morgan fingerprint density at radius 1 is 1.20 bits per heavy atom. The minimum Gasteiger partial charge on any atom is -0.334 e. The molecule has 1 aliphatic heterocycles. The number of fused-ring (bicyclic) bond motifs is 1. The predicted molar refractivity (Wildman–Crippen MR) is 105 cm³/mol. The average Bonchev–Trinajstić information content (AvgIpc) is 3.39. The Bertz CT molecular complexity index is 1220. The molecule has 0 radical (unpaired) electrons. The van der Waals surface area contributed by atoms with Crippen LogP contribution < -0.4 is 0 Å². The van der Waals surface area contributed by atoms with Crippen molar-refractivity contribution in [2.24, 2.45) is 7.05 Å². The standard InChI is InChI=1S/C21H17FN6O2/c1-27-17-8-10-28(21(29)14-3-2-9-23-11-14)12-16(17)18(25-27)20-24-19(26-30-20)13-4-6-15(22)7-5-13/h2-7,9,11H,8,10,12H2,1H3. The lowest BCUT2D eigenvalue weighted by Gasteiger charge is -2.27. The largest absolute Gasteiger partial charge is 0.334 e. The Morgan fingerprint density at radius 3 is 2.80 bits per heavy atom. The molecule has 0 atom stereocenters. The monoisotopic (exact) mass is 404 g/mol. The van der Waals surface area contributed by atoms with Gasteiger partial charge in [-0.3, -0.25) is 14.5 Å². The Hall–Kier alpha value is -3.88. The molecule has 8 nitrogen and oxygen atoms in total. The maximum Gasteiger partial charge on any atom is 0.279 e.